The van der Waals surface area contributed by atoms with Crippen molar-refractivity contribution in [1.82, 2.24) is 41.4 Å². The van der Waals surface area contributed by atoms with Gasteiger partial charge in [-0.1, -0.05) is 60.7 Å². The molecule has 0 fully saturated rings. The number of carbonyl (C=O) groups is 4. The molecule has 2 aromatic carbocycles. The lowest BCUT2D eigenvalue weighted by Gasteiger charge is -2.16. The van der Waals surface area contributed by atoms with Crippen LogP contribution in [0, 0.1) is 0 Å². The Hall–Kier alpha value is -6.26. The summed E-state index contributed by atoms with van der Waals surface area (Å²) in [5, 5.41) is 17.5. The predicted molar refractivity (Wildman–Crippen MR) is 208 cm³/mol. The first kappa shape index (κ1) is 40.9. The summed E-state index contributed by atoms with van der Waals surface area (Å²) < 4.78 is 1.59. The van der Waals surface area contributed by atoms with Crippen LogP contribution in [0.4, 0.5) is 0 Å². The highest BCUT2D eigenvalue weighted by Gasteiger charge is 2.22. The van der Waals surface area contributed by atoms with Crippen LogP contribution in [0.5, 0.6) is 0 Å². The molecular formula is C40H48N8O8. The zero-order valence-corrected chi connectivity index (χ0v) is 31.1. The van der Waals surface area contributed by atoms with Gasteiger partial charge in [0, 0.05) is 26.2 Å². The Kier molecular flexibility index (Phi) is 15.8. The molecule has 0 saturated carbocycles. The summed E-state index contributed by atoms with van der Waals surface area (Å²) in [6.07, 6.45) is 3.16. The van der Waals surface area contributed by atoms with Gasteiger partial charge < -0.3 is 41.6 Å². The number of hydrogen-bond donors (Lipinski definition) is 6. The van der Waals surface area contributed by atoms with Crippen molar-refractivity contribution in [1.29, 1.82) is 0 Å². The van der Waals surface area contributed by atoms with E-state index < -0.39 is 34.7 Å². The molecule has 16 nitrogen and oxygen atoms in total. The summed E-state index contributed by atoms with van der Waals surface area (Å²) >= 11 is 0. The first-order chi connectivity index (χ1) is 27.3. The molecule has 0 aliphatic carbocycles. The minimum absolute atomic E-state index is 0.0572. The van der Waals surface area contributed by atoms with E-state index in [-0.39, 0.29) is 48.8 Å². The Labute approximate surface area is 323 Å². The van der Waals surface area contributed by atoms with E-state index in [0.29, 0.717) is 39.0 Å². The lowest BCUT2D eigenvalue weighted by atomic mass is 10.2. The molecule has 56 heavy (non-hydrogen) atoms. The van der Waals surface area contributed by atoms with Gasteiger partial charge in [0.15, 0.2) is 0 Å². The van der Waals surface area contributed by atoms with Gasteiger partial charge in [0.2, 0.25) is 0 Å². The monoisotopic (exact) mass is 768 g/mol. The molecule has 0 atom stereocenters. The minimum Gasteiger partial charge on any atom is -0.405 e. The molecule has 0 unspecified atom stereocenters. The van der Waals surface area contributed by atoms with E-state index in [0.717, 1.165) is 46.5 Å². The molecule has 296 valence electrons. The quantitative estimate of drug-likeness (QED) is 0.162. The number of amides is 4. The number of benzene rings is 2. The third kappa shape index (κ3) is 11.9. The van der Waals surface area contributed by atoms with Gasteiger partial charge in [-0.25, -0.2) is 0 Å². The molecule has 0 saturated heterocycles. The Balaban J connectivity index is 1.34. The molecule has 4 bridgehead atoms. The Bertz CT molecular complexity index is 1910. The average molecular weight is 769 g/mol. The molecule has 3 aliphatic heterocycles. The van der Waals surface area contributed by atoms with Crippen molar-refractivity contribution in [2.45, 2.75) is 38.9 Å². The molecule has 6 N–H and O–H groups in total. The van der Waals surface area contributed by atoms with Crippen LogP contribution in [0.3, 0.4) is 0 Å². The van der Waals surface area contributed by atoms with Gasteiger partial charge in [-0.3, -0.25) is 28.8 Å². The van der Waals surface area contributed by atoms with Crippen LogP contribution in [-0.4, -0.2) is 85.4 Å². The SMILES string of the molecule is O=C1NCCCNCCCCNCCCNC(=O)c2ccc(n(OCc3ccccc3)c2=O)C(=O)NCCNC(=O)c2ccc1c(=O)n2OCc1ccccc1. The normalized spacial score (nSPS) is 15.9. The van der Waals surface area contributed by atoms with Crippen LogP contribution in [0.25, 0.3) is 0 Å². The number of carbonyl (C=O) groups excluding carboxylic acids is 4. The van der Waals surface area contributed by atoms with Crippen molar-refractivity contribution in [2.24, 2.45) is 0 Å². The molecule has 4 amide bonds. The molecular weight excluding hydrogens is 720 g/mol. The van der Waals surface area contributed by atoms with Crippen LogP contribution in [0.1, 0.15) is 78.5 Å². The van der Waals surface area contributed by atoms with E-state index in [1.807, 2.05) is 12.1 Å². The van der Waals surface area contributed by atoms with Gasteiger partial charge in [-0.15, -0.1) is 9.46 Å². The Morgan fingerprint density at radius 1 is 0.411 bits per heavy atom. The maximum absolute atomic E-state index is 13.6. The standard InChI is InChI=1S/C40H48N8O8/c49-35-31-15-17-33(47(39(31)53)55-27-29-11-3-1-4-12-29)37(51)45-25-26-46-38(52)34-18-16-32(40(54)48(34)56-28-30-13-5-2-6-14-30)36(50)44-24-10-22-42-20-8-7-19-41-21-9-23-43-35/h1-6,11-18,41-42H,7-10,19-28H2,(H,43,49)(H,44,50)(H,45,51)(H,46,52). The summed E-state index contributed by atoms with van der Waals surface area (Å²) in [4.78, 5) is 91.6. The van der Waals surface area contributed by atoms with Crippen LogP contribution < -0.4 is 52.7 Å². The largest absolute Gasteiger partial charge is 0.405 e. The number of hydrogen-bond acceptors (Lipinski definition) is 10. The maximum atomic E-state index is 13.6. The number of rotatable bonds is 6. The number of pyridine rings is 2. The van der Waals surface area contributed by atoms with E-state index in [9.17, 15) is 28.8 Å². The molecule has 4 aromatic rings. The highest BCUT2D eigenvalue weighted by Crippen LogP contribution is 2.06. The van der Waals surface area contributed by atoms with Crippen LogP contribution in [-0.2, 0) is 13.2 Å². The molecule has 5 heterocycles. The average Bonchev–Trinajstić information content (AvgIpc) is 3.21. The van der Waals surface area contributed by atoms with Gasteiger partial charge in [-0.2, -0.15) is 0 Å². The third-order valence-corrected chi connectivity index (χ3v) is 8.73. The summed E-state index contributed by atoms with van der Waals surface area (Å²) in [5.74, 6) is -2.58. The minimum atomic E-state index is -0.809. The first-order valence-corrected chi connectivity index (χ1v) is 18.7. The maximum Gasteiger partial charge on any atom is 0.296 e. The molecule has 0 radical (unpaired) electrons. The second-order valence-electron chi connectivity index (χ2n) is 12.9. The van der Waals surface area contributed by atoms with Gasteiger partial charge >= 0.3 is 0 Å². The second kappa shape index (κ2) is 21.6. The number of aromatic nitrogens is 2. The van der Waals surface area contributed by atoms with Crippen LogP contribution in [0.2, 0.25) is 0 Å². The topological polar surface area (TPSA) is 203 Å². The summed E-state index contributed by atoms with van der Waals surface area (Å²) in [7, 11) is 0. The first-order valence-electron chi connectivity index (χ1n) is 18.7. The number of fused-ring (bicyclic) bond motifs is 2. The van der Waals surface area contributed by atoms with Crippen molar-refractivity contribution in [3.8, 4) is 0 Å². The van der Waals surface area contributed by atoms with Crippen molar-refractivity contribution in [3.63, 3.8) is 0 Å². The second-order valence-corrected chi connectivity index (χ2v) is 12.9. The third-order valence-electron chi connectivity index (χ3n) is 8.73. The molecule has 16 heteroatoms. The molecule has 3 aliphatic rings. The smallest absolute Gasteiger partial charge is 0.296 e. The zero-order chi connectivity index (χ0) is 39.5. The lowest BCUT2D eigenvalue weighted by Crippen LogP contribution is -2.43. The van der Waals surface area contributed by atoms with Gasteiger partial charge in [0.05, 0.1) is 0 Å². The number of nitrogens with zero attached hydrogens (tertiary/aromatic N) is 2. The Morgan fingerprint density at radius 2 is 0.786 bits per heavy atom. The summed E-state index contributed by atoms with van der Waals surface area (Å²) in [6.45, 7) is 3.32. The fraction of sp³-hybridized carbons (Fsp3) is 0.350. The zero-order valence-electron chi connectivity index (χ0n) is 31.1. The predicted octanol–water partition coefficient (Wildman–Crippen LogP) is 0.640. The summed E-state index contributed by atoms with van der Waals surface area (Å²) in [6, 6.07) is 23.3. The highest BCUT2D eigenvalue weighted by atomic mass is 16.7. The molecule has 2 aromatic heterocycles. The highest BCUT2D eigenvalue weighted by molar-refractivity contribution is 5.97. The van der Waals surface area contributed by atoms with Crippen LogP contribution in [0.15, 0.2) is 94.5 Å². The van der Waals surface area contributed by atoms with E-state index >= 15 is 0 Å². The van der Waals surface area contributed by atoms with E-state index in [2.05, 4.69) is 31.9 Å². The van der Waals surface area contributed by atoms with Gasteiger partial charge in [-0.05, 0) is 87.3 Å². The van der Waals surface area contributed by atoms with Crippen molar-refractivity contribution >= 4 is 23.6 Å². The number of nitrogens with one attached hydrogen (secondary N) is 6. The van der Waals surface area contributed by atoms with E-state index in [1.165, 1.54) is 24.3 Å². The summed E-state index contributed by atoms with van der Waals surface area (Å²) in [5.41, 5.74) is -0.857. The van der Waals surface area contributed by atoms with Crippen molar-refractivity contribution < 1.29 is 28.9 Å². The van der Waals surface area contributed by atoms with Crippen molar-refractivity contribution in [3.05, 3.63) is 139 Å². The van der Waals surface area contributed by atoms with Gasteiger partial charge in [0.25, 0.3) is 34.7 Å². The fourth-order valence-corrected chi connectivity index (χ4v) is 5.71. The molecule has 0 spiro atoms. The Morgan fingerprint density at radius 3 is 1.20 bits per heavy atom. The van der Waals surface area contributed by atoms with E-state index in [1.54, 1.807) is 48.5 Å². The van der Waals surface area contributed by atoms with E-state index in [4.69, 9.17) is 9.68 Å². The van der Waals surface area contributed by atoms with Gasteiger partial charge in [0.1, 0.15) is 35.7 Å². The lowest BCUT2D eigenvalue weighted by molar-refractivity contribution is 0.0685. The fourth-order valence-electron chi connectivity index (χ4n) is 5.71. The molecule has 7 rings (SSSR count). The van der Waals surface area contributed by atoms with Crippen molar-refractivity contribution in [2.75, 3.05) is 52.4 Å². The van der Waals surface area contributed by atoms with Crippen LogP contribution >= 0.6 is 0 Å².